The molecule has 0 saturated heterocycles. The van der Waals surface area contributed by atoms with Crippen molar-refractivity contribution in [1.29, 1.82) is 0 Å². The Balaban J connectivity index is 2.02. The van der Waals surface area contributed by atoms with E-state index in [1.807, 2.05) is 18.2 Å². The first-order valence-corrected chi connectivity index (χ1v) is 6.53. The number of hydrogen-bond acceptors (Lipinski definition) is 6. The smallest absolute Gasteiger partial charge is 0.306 e. The van der Waals surface area contributed by atoms with Crippen molar-refractivity contribution < 1.29 is 9.34 Å². The molecular formula is C13H9N3O3S. The summed E-state index contributed by atoms with van der Waals surface area (Å²) >= 11 is 1.08. The lowest BCUT2D eigenvalue weighted by Gasteiger charge is -2.01. The summed E-state index contributed by atoms with van der Waals surface area (Å²) in [5, 5.41) is 11.4. The maximum atomic E-state index is 11.1. The zero-order valence-corrected chi connectivity index (χ0v) is 11.0. The van der Waals surface area contributed by atoms with E-state index in [9.17, 15) is 10.1 Å². The Labute approximate surface area is 117 Å². The van der Waals surface area contributed by atoms with Crippen LogP contribution in [0.4, 0.5) is 11.4 Å². The van der Waals surface area contributed by atoms with Crippen molar-refractivity contribution in [3.05, 3.63) is 52.6 Å². The van der Waals surface area contributed by atoms with E-state index in [4.69, 9.17) is 10.2 Å². The Morgan fingerprint density at radius 1 is 1.20 bits per heavy atom. The molecule has 0 aliphatic heterocycles. The van der Waals surface area contributed by atoms with E-state index in [2.05, 4.69) is 4.98 Å². The zero-order valence-electron chi connectivity index (χ0n) is 10.1. The van der Waals surface area contributed by atoms with Gasteiger partial charge in [-0.1, -0.05) is 18.2 Å². The maximum Gasteiger partial charge on any atom is 0.306 e. The number of nitrogens with two attached hydrogens (primary N) is 1. The van der Waals surface area contributed by atoms with Crippen LogP contribution in [-0.2, 0) is 0 Å². The van der Waals surface area contributed by atoms with Gasteiger partial charge in [-0.05, 0) is 36.0 Å². The molecule has 1 aromatic heterocycles. The number of nitrogens with zero attached hydrogens (tertiary/aromatic N) is 2. The Kier molecular flexibility index (Phi) is 3.03. The molecule has 0 aliphatic carbocycles. The molecule has 0 atom stereocenters. The van der Waals surface area contributed by atoms with Crippen LogP contribution in [0.5, 0.6) is 0 Å². The second kappa shape index (κ2) is 4.86. The minimum absolute atomic E-state index is 0.121. The van der Waals surface area contributed by atoms with Crippen molar-refractivity contribution in [3.8, 4) is 0 Å². The van der Waals surface area contributed by atoms with Crippen molar-refractivity contribution in [3.63, 3.8) is 0 Å². The lowest BCUT2D eigenvalue weighted by atomic mass is 10.3. The van der Waals surface area contributed by atoms with Crippen molar-refractivity contribution in [1.82, 2.24) is 4.98 Å². The van der Waals surface area contributed by atoms with Crippen molar-refractivity contribution in [2.24, 2.45) is 0 Å². The van der Waals surface area contributed by atoms with E-state index in [1.165, 1.54) is 6.07 Å². The monoisotopic (exact) mass is 287 g/mol. The van der Waals surface area contributed by atoms with Crippen LogP contribution in [0.2, 0.25) is 0 Å². The lowest BCUT2D eigenvalue weighted by Crippen LogP contribution is -1.97. The van der Waals surface area contributed by atoms with Gasteiger partial charge in [-0.3, -0.25) is 10.1 Å². The molecule has 0 spiro atoms. The lowest BCUT2D eigenvalue weighted by molar-refractivity contribution is -0.386. The van der Waals surface area contributed by atoms with E-state index in [0.717, 1.165) is 11.8 Å². The average Bonchev–Trinajstić information content (AvgIpc) is 2.80. The van der Waals surface area contributed by atoms with Gasteiger partial charge in [0, 0.05) is 0 Å². The number of nitrogen functional groups attached to an aromatic ring is 1. The number of oxazole rings is 1. The summed E-state index contributed by atoms with van der Waals surface area (Å²) in [6.07, 6.45) is 0. The third-order valence-electron chi connectivity index (χ3n) is 2.68. The van der Waals surface area contributed by atoms with Gasteiger partial charge in [0.25, 0.3) is 5.22 Å². The highest BCUT2D eigenvalue weighted by atomic mass is 32.2. The number of rotatable bonds is 3. The summed E-state index contributed by atoms with van der Waals surface area (Å²) in [7, 11) is 0. The zero-order chi connectivity index (χ0) is 14.1. The predicted octanol–water partition coefficient (Wildman–Crippen LogP) is 3.47. The molecule has 1 heterocycles. The van der Waals surface area contributed by atoms with Gasteiger partial charge in [0.15, 0.2) is 5.58 Å². The van der Waals surface area contributed by atoms with Crippen LogP contribution in [-0.4, -0.2) is 9.91 Å². The van der Waals surface area contributed by atoms with Gasteiger partial charge in [-0.15, -0.1) is 0 Å². The van der Waals surface area contributed by atoms with E-state index in [1.54, 1.807) is 18.2 Å². The third kappa shape index (κ3) is 2.19. The molecule has 0 amide bonds. The molecule has 0 bridgehead atoms. The molecule has 2 N–H and O–H groups in total. The van der Waals surface area contributed by atoms with Crippen LogP contribution in [0.1, 0.15) is 0 Å². The van der Waals surface area contributed by atoms with Crippen LogP contribution in [0.15, 0.2) is 57.0 Å². The van der Waals surface area contributed by atoms with E-state index < -0.39 is 4.92 Å². The number of benzene rings is 2. The van der Waals surface area contributed by atoms with Crippen LogP contribution in [0.3, 0.4) is 0 Å². The van der Waals surface area contributed by atoms with Gasteiger partial charge in [0.2, 0.25) is 0 Å². The molecule has 3 aromatic rings. The van der Waals surface area contributed by atoms with E-state index >= 15 is 0 Å². The molecule has 0 fully saturated rings. The SMILES string of the molecule is Nc1cccc(Sc2nc3ccccc3o2)c1[N+](=O)[O-]. The van der Waals surface area contributed by atoms with Crippen LogP contribution < -0.4 is 5.73 Å². The topological polar surface area (TPSA) is 95.2 Å². The molecule has 0 radical (unpaired) electrons. The number of fused-ring (bicyclic) bond motifs is 1. The summed E-state index contributed by atoms with van der Waals surface area (Å²) in [6.45, 7) is 0. The average molecular weight is 287 g/mol. The quantitative estimate of drug-likeness (QED) is 0.450. The van der Waals surface area contributed by atoms with Crippen LogP contribution >= 0.6 is 11.8 Å². The summed E-state index contributed by atoms with van der Waals surface area (Å²) in [6, 6.07) is 12.1. The van der Waals surface area contributed by atoms with E-state index in [-0.39, 0.29) is 11.4 Å². The molecule has 2 aromatic carbocycles. The number of hydrogen-bond donors (Lipinski definition) is 1. The summed E-state index contributed by atoms with van der Waals surface area (Å²) in [5.74, 6) is 0. The predicted molar refractivity (Wildman–Crippen MR) is 75.6 cm³/mol. The Morgan fingerprint density at radius 3 is 2.75 bits per heavy atom. The Morgan fingerprint density at radius 2 is 2.00 bits per heavy atom. The summed E-state index contributed by atoms with van der Waals surface area (Å²) < 4.78 is 5.54. The number of para-hydroxylation sites is 3. The molecular weight excluding hydrogens is 278 g/mol. The molecule has 3 rings (SSSR count). The largest absolute Gasteiger partial charge is 0.431 e. The minimum atomic E-state index is -0.500. The maximum absolute atomic E-state index is 11.1. The highest BCUT2D eigenvalue weighted by Gasteiger charge is 2.20. The highest BCUT2D eigenvalue weighted by molar-refractivity contribution is 7.99. The number of aromatic nitrogens is 1. The van der Waals surface area contributed by atoms with Crippen LogP contribution in [0.25, 0.3) is 11.1 Å². The van der Waals surface area contributed by atoms with Crippen molar-refractivity contribution in [2.45, 2.75) is 10.1 Å². The fraction of sp³-hybridized carbons (Fsp3) is 0. The van der Waals surface area contributed by atoms with Crippen molar-refractivity contribution >= 4 is 34.2 Å². The fourth-order valence-corrected chi connectivity index (χ4v) is 2.71. The summed E-state index contributed by atoms with van der Waals surface area (Å²) in [5.41, 5.74) is 6.99. The van der Waals surface area contributed by atoms with Gasteiger partial charge in [0.1, 0.15) is 11.2 Å². The molecule has 100 valence electrons. The highest BCUT2D eigenvalue weighted by Crippen LogP contribution is 2.38. The standard InChI is InChI=1S/C13H9N3O3S/c14-8-4-3-7-11(12(8)16(17)18)20-13-15-9-5-1-2-6-10(9)19-13/h1-7H,14H2. The molecule has 0 saturated carbocycles. The molecule has 20 heavy (non-hydrogen) atoms. The Bertz CT molecular complexity index is 767. The van der Waals surface area contributed by atoms with E-state index in [0.29, 0.717) is 21.2 Å². The number of anilines is 1. The first-order valence-electron chi connectivity index (χ1n) is 5.71. The van der Waals surface area contributed by atoms with Gasteiger partial charge in [-0.2, -0.15) is 0 Å². The summed E-state index contributed by atoms with van der Waals surface area (Å²) in [4.78, 5) is 15.2. The normalized spacial score (nSPS) is 10.8. The second-order valence-electron chi connectivity index (χ2n) is 4.00. The fourth-order valence-electron chi connectivity index (χ4n) is 1.81. The molecule has 7 heteroatoms. The van der Waals surface area contributed by atoms with Gasteiger partial charge >= 0.3 is 5.69 Å². The number of nitro groups is 1. The van der Waals surface area contributed by atoms with Crippen LogP contribution in [0, 0.1) is 10.1 Å². The third-order valence-corrected chi connectivity index (χ3v) is 3.58. The molecule has 0 aliphatic rings. The molecule has 0 unspecified atom stereocenters. The van der Waals surface area contributed by atoms with Gasteiger partial charge in [-0.25, -0.2) is 4.98 Å². The first kappa shape index (κ1) is 12.5. The van der Waals surface area contributed by atoms with Crippen molar-refractivity contribution in [2.75, 3.05) is 5.73 Å². The molecule has 6 nitrogen and oxygen atoms in total. The van der Waals surface area contributed by atoms with Gasteiger partial charge in [0.05, 0.1) is 9.82 Å². The minimum Gasteiger partial charge on any atom is -0.431 e. The first-order chi connectivity index (χ1) is 9.65. The Hall–Kier alpha value is -2.54. The second-order valence-corrected chi connectivity index (χ2v) is 4.99. The number of nitro benzene ring substituents is 1. The van der Waals surface area contributed by atoms with Gasteiger partial charge < -0.3 is 10.2 Å².